The van der Waals surface area contributed by atoms with Crippen molar-refractivity contribution >= 4 is 11.8 Å². The molecule has 130 valence electrons. The Hall–Kier alpha value is -2.22. The molecule has 1 aliphatic carbocycles. The van der Waals surface area contributed by atoms with E-state index in [1.807, 2.05) is 35.9 Å². The summed E-state index contributed by atoms with van der Waals surface area (Å²) in [5.74, 6) is 1.12. The van der Waals surface area contributed by atoms with Crippen LogP contribution in [0.3, 0.4) is 0 Å². The molecule has 4 rings (SSSR count). The van der Waals surface area contributed by atoms with Crippen LogP contribution >= 0.6 is 11.8 Å². The lowest BCUT2D eigenvalue weighted by atomic mass is 10.1. The van der Waals surface area contributed by atoms with Gasteiger partial charge in [0.15, 0.2) is 0 Å². The van der Waals surface area contributed by atoms with Crippen molar-refractivity contribution in [3.05, 3.63) is 35.7 Å². The zero-order valence-corrected chi connectivity index (χ0v) is 15.1. The summed E-state index contributed by atoms with van der Waals surface area (Å²) in [5.41, 5.74) is 2.13. The molecular formula is C17H20N6OS. The average Bonchev–Trinajstić information content (AvgIpc) is 3.36. The number of nitrogens with zero attached hydrogens (tertiary/aromatic N) is 6. The van der Waals surface area contributed by atoms with E-state index >= 15 is 0 Å². The number of hydrogen-bond acceptors (Lipinski definition) is 7. The van der Waals surface area contributed by atoms with Crippen LogP contribution in [0.4, 0.5) is 0 Å². The molecule has 7 nitrogen and oxygen atoms in total. The standard InChI is InChI=1S/C17H20N6OS/c1-11-7-9-13(10-8-11)16-19-18-15(24-16)12(2)25-17-20-21-22-23(17)14-5-3-4-6-14/h7-10,12,14H,3-6H2,1-2H3/t12-/m0/s1. The number of rotatable bonds is 5. The Kier molecular flexibility index (Phi) is 4.52. The van der Waals surface area contributed by atoms with Gasteiger partial charge in [0.2, 0.25) is 16.9 Å². The SMILES string of the molecule is Cc1ccc(-c2nnc([C@H](C)Sc3nnnn3C3CCCC3)o2)cc1. The molecule has 0 N–H and O–H groups in total. The molecule has 0 bridgehead atoms. The molecule has 8 heteroatoms. The second kappa shape index (κ2) is 6.95. The minimum atomic E-state index is -0.0159. The van der Waals surface area contributed by atoms with Gasteiger partial charge in [0.1, 0.15) is 0 Å². The van der Waals surface area contributed by atoms with E-state index in [1.54, 1.807) is 11.8 Å². The predicted molar refractivity (Wildman–Crippen MR) is 94.1 cm³/mol. The summed E-state index contributed by atoms with van der Waals surface area (Å²) < 4.78 is 7.81. The van der Waals surface area contributed by atoms with Gasteiger partial charge in [0, 0.05) is 5.56 Å². The van der Waals surface area contributed by atoms with Gasteiger partial charge in [-0.1, -0.05) is 42.3 Å². The maximum Gasteiger partial charge on any atom is 0.247 e. The topological polar surface area (TPSA) is 82.5 Å². The van der Waals surface area contributed by atoms with E-state index in [4.69, 9.17) is 4.42 Å². The molecule has 2 heterocycles. The summed E-state index contributed by atoms with van der Waals surface area (Å²) in [5, 5.41) is 21.4. The Morgan fingerprint density at radius 2 is 1.88 bits per heavy atom. The van der Waals surface area contributed by atoms with Gasteiger partial charge >= 0.3 is 0 Å². The Bertz CT molecular complexity index is 837. The Morgan fingerprint density at radius 3 is 2.64 bits per heavy atom. The monoisotopic (exact) mass is 356 g/mol. The van der Waals surface area contributed by atoms with Crippen LogP contribution in [-0.4, -0.2) is 30.4 Å². The molecule has 1 atom stereocenters. The highest BCUT2D eigenvalue weighted by atomic mass is 32.2. The van der Waals surface area contributed by atoms with Crippen molar-refractivity contribution in [3.8, 4) is 11.5 Å². The normalized spacial score (nSPS) is 16.4. The summed E-state index contributed by atoms with van der Waals surface area (Å²) in [6.07, 6.45) is 4.78. The Morgan fingerprint density at radius 1 is 1.12 bits per heavy atom. The number of hydrogen-bond donors (Lipinski definition) is 0. The fourth-order valence-corrected chi connectivity index (χ4v) is 3.95. The number of thioether (sulfide) groups is 1. The van der Waals surface area contributed by atoms with Crippen molar-refractivity contribution in [1.29, 1.82) is 0 Å². The predicted octanol–water partition coefficient (Wildman–Crippen LogP) is 4.00. The smallest absolute Gasteiger partial charge is 0.247 e. The third-order valence-electron chi connectivity index (χ3n) is 4.50. The van der Waals surface area contributed by atoms with Crippen LogP contribution in [0.15, 0.2) is 33.8 Å². The molecule has 1 saturated carbocycles. The first-order valence-electron chi connectivity index (χ1n) is 8.55. The first-order chi connectivity index (χ1) is 12.2. The van der Waals surface area contributed by atoms with Gasteiger partial charge in [-0.25, -0.2) is 4.68 Å². The van der Waals surface area contributed by atoms with Crippen LogP contribution in [0.25, 0.3) is 11.5 Å². The highest BCUT2D eigenvalue weighted by Gasteiger charge is 2.24. The molecule has 2 aromatic heterocycles. The average molecular weight is 356 g/mol. The maximum atomic E-state index is 5.86. The van der Waals surface area contributed by atoms with Gasteiger partial charge in [-0.3, -0.25) is 0 Å². The zero-order valence-electron chi connectivity index (χ0n) is 14.3. The van der Waals surface area contributed by atoms with Crippen molar-refractivity contribution in [2.24, 2.45) is 0 Å². The summed E-state index contributed by atoms with van der Waals surface area (Å²) >= 11 is 1.56. The van der Waals surface area contributed by atoms with Gasteiger partial charge in [0.05, 0.1) is 11.3 Å². The van der Waals surface area contributed by atoms with Crippen LogP contribution < -0.4 is 0 Å². The molecule has 1 aliphatic rings. The zero-order chi connectivity index (χ0) is 17.2. The van der Waals surface area contributed by atoms with Crippen molar-refractivity contribution in [2.75, 3.05) is 0 Å². The van der Waals surface area contributed by atoms with E-state index in [-0.39, 0.29) is 5.25 Å². The molecule has 0 unspecified atom stereocenters. The van der Waals surface area contributed by atoms with Crippen molar-refractivity contribution in [1.82, 2.24) is 30.4 Å². The van der Waals surface area contributed by atoms with Crippen LogP contribution in [-0.2, 0) is 0 Å². The van der Waals surface area contributed by atoms with Crippen molar-refractivity contribution < 1.29 is 4.42 Å². The van der Waals surface area contributed by atoms with E-state index in [9.17, 15) is 0 Å². The highest BCUT2D eigenvalue weighted by molar-refractivity contribution is 7.99. The molecule has 0 saturated heterocycles. The summed E-state index contributed by atoms with van der Waals surface area (Å²) in [4.78, 5) is 0. The number of aryl methyl sites for hydroxylation is 1. The summed E-state index contributed by atoms with van der Waals surface area (Å²) in [6, 6.07) is 8.46. The number of tetrazole rings is 1. The largest absolute Gasteiger partial charge is 0.419 e. The molecule has 25 heavy (non-hydrogen) atoms. The molecule has 0 spiro atoms. The summed E-state index contributed by atoms with van der Waals surface area (Å²) in [6.45, 7) is 4.08. The second-order valence-corrected chi connectivity index (χ2v) is 7.72. The molecule has 0 radical (unpaired) electrons. The lowest BCUT2D eigenvalue weighted by Gasteiger charge is -2.12. The second-order valence-electron chi connectivity index (χ2n) is 6.42. The van der Waals surface area contributed by atoms with Gasteiger partial charge < -0.3 is 4.42 Å². The molecule has 1 aromatic carbocycles. The third-order valence-corrected chi connectivity index (χ3v) is 5.54. The fourth-order valence-electron chi connectivity index (χ4n) is 3.06. The molecule has 0 amide bonds. The number of benzene rings is 1. The van der Waals surface area contributed by atoms with Gasteiger partial charge in [-0.05, 0) is 49.2 Å². The van der Waals surface area contributed by atoms with Gasteiger partial charge in [-0.2, -0.15) is 0 Å². The first-order valence-corrected chi connectivity index (χ1v) is 9.43. The van der Waals surface area contributed by atoms with Gasteiger partial charge in [0.25, 0.3) is 0 Å². The van der Waals surface area contributed by atoms with Crippen LogP contribution in [0.5, 0.6) is 0 Å². The minimum absolute atomic E-state index is 0.0159. The van der Waals surface area contributed by atoms with Crippen molar-refractivity contribution in [3.63, 3.8) is 0 Å². The maximum absolute atomic E-state index is 5.86. The molecule has 1 fully saturated rings. The van der Waals surface area contributed by atoms with Gasteiger partial charge in [-0.15, -0.1) is 15.3 Å². The minimum Gasteiger partial charge on any atom is -0.419 e. The van der Waals surface area contributed by atoms with E-state index < -0.39 is 0 Å². The van der Waals surface area contributed by atoms with E-state index in [0.29, 0.717) is 17.8 Å². The quantitative estimate of drug-likeness (QED) is 0.639. The van der Waals surface area contributed by atoms with Crippen molar-refractivity contribution in [2.45, 2.75) is 56.0 Å². The van der Waals surface area contributed by atoms with E-state index in [2.05, 4.69) is 32.6 Å². The summed E-state index contributed by atoms with van der Waals surface area (Å²) in [7, 11) is 0. The lowest BCUT2D eigenvalue weighted by molar-refractivity contribution is 0.422. The Labute approximate surface area is 150 Å². The number of aromatic nitrogens is 6. The molecule has 0 aliphatic heterocycles. The third kappa shape index (κ3) is 3.44. The first kappa shape index (κ1) is 16.3. The van der Waals surface area contributed by atoms with Crippen LogP contribution in [0.2, 0.25) is 0 Å². The highest BCUT2D eigenvalue weighted by Crippen LogP contribution is 2.37. The van der Waals surface area contributed by atoms with E-state index in [1.165, 1.54) is 18.4 Å². The lowest BCUT2D eigenvalue weighted by Crippen LogP contribution is -2.08. The fraction of sp³-hybridized carbons (Fsp3) is 0.471. The van der Waals surface area contributed by atoms with Crippen LogP contribution in [0.1, 0.15) is 55.4 Å². The molecular weight excluding hydrogens is 336 g/mol. The Balaban J connectivity index is 1.49. The molecule has 3 aromatic rings. The van der Waals surface area contributed by atoms with E-state index in [0.717, 1.165) is 23.6 Å². The van der Waals surface area contributed by atoms with Crippen LogP contribution in [0, 0.1) is 6.92 Å².